The van der Waals surface area contributed by atoms with Crippen LogP contribution in [0.15, 0.2) is 23.0 Å². The van der Waals surface area contributed by atoms with Crippen LogP contribution in [0.25, 0.3) is 10.9 Å². The number of nitrogens with zero attached hydrogens (tertiary/aromatic N) is 1. The molecule has 2 aliphatic heterocycles. The van der Waals surface area contributed by atoms with Crippen LogP contribution in [0.4, 0.5) is 5.69 Å². The molecule has 1 fully saturated rings. The molecule has 5 nitrogen and oxygen atoms in total. The van der Waals surface area contributed by atoms with Crippen molar-refractivity contribution in [2.24, 2.45) is 0 Å². The van der Waals surface area contributed by atoms with Gasteiger partial charge in [-0.2, -0.15) is 0 Å². The fourth-order valence-electron chi connectivity index (χ4n) is 3.80. The van der Waals surface area contributed by atoms with Crippen LogP contribution in [0.2, 0.25) is 0 Å². The molecule has 0 amide bonds. The van der Waals surface area contributed by atoms with Crippen molar-refractivity contribution in [3.63, 3.8) is 0 Å². The van der Waals surface area contributed by atoms with Crippen molar-refractivity contribution in [3.8, 4) is 5.75 Å². The molecule has 1 saturated heterocycles. The predicted molar refractivity (Wildman–Crippen MR) is 97.2 cm³/mol. The van der Waals surface area contributed by atoms with Gasteiger partial charge in [0.1, 0.15) is 12.4 Å². The molecule has 0 bridgehead atoms. The molecule has 0 radical (unpaired) electrons. The van der Waals surface area contributed by atoms with Crippen LogP contribution >= 0.6 is 0 Å². The second-order valence-electron chi connectivity index (χ2n) is 6.80. The van der Waals surface area contributed by atoms with Crippen molar-refractivity contribution in [1.82, 2.24) is 9.88 Å². The number of ether oxygens (including phenoxy) is 1. The van der Waals surface area contributed by atoms with E-state index in [9.17, 15) is 4.79 Å². The van der Waals surface area contributed by atoms with E-state index in [4.69, 9.17) is 4.74 Å². The normalized spacial score (nSPS) is 18.2. The van der Waals surface area contributed by atoms with E-state index in [-0.39, 0.29) is 5.56 Å². The zero-order valence-electron chi connectivity index (χ0n) is 14.1. The average Bonchev–Trinajstić information content (AvgIpc) is 2.63. The zero-order valence-corrected chi connectivity index (χ0v) is 14.1. The largest absolute Gasteiger partial charge is 0.492 e. The van der Waals surface area contributed by atoms with Gasteiger partial charge >= 0.3 is 0 Å². The molecule has 2 aromatic rings. The maximum Gasteiger partial charge on any atom is 0.253 e. The van der Waals surface area contributed by atoms with Gasteiger partial charge in [0.15, 0.2) is 0 Å². The maximum atomic E-state index is 12.2. The smallest absolute Gasteiger partial charge is 0.253 e. The molecule has 5 heteroatoms. The predicted octanol–water partition coefficient (Wildman–Crippen LogP) is 2.75. The first kappa shape index (κ1) is 15.5. The molecule has 2 N–H and O–H groups in total. The monoisotopic (exact) mass is 327 g/mol. The lowest BCUT2D eigenvalue weighted by molar-refractivity contribution is 0.183. The highest BCUT2D eigenvalue weighted by molar-refractivity contribution is 5.94. The first-order chi connectivity index (χ1) is 11.8. The highest BCUT2D eigenvalue weighted by Crippen LogP contribution is 2.30. The van der Waals surface area contributed by atoms with Crippen LogP contribution in [0.5, 0.6) is 5.75 Å². The Hall–Kier alpha value is -2.01. The van der Waals surface area contributed by atoms with E-state index in [2.05, 4.69) is 21.3 Å². The second kappa shape index (κ2) is 6.85. The molecule has 3 heterocycles. The van der Waals surface area contributed by atoms with Crippen LogP contribution in [-0.4, -0.2) is 42.7 Å². The number of H-pyrrole nitrogens is 1. The topological polar surface area (TPSA) is 57.4 Å². The molecule has 128 valence electrons. The van der Waals surface area contributed by atoms with Gasteiger partial charge in [0, 0.05) is 24.0 Å². The van der Waals surface area contributed by atoms with E-state index in [1.165, 1.54) is 32.4 Å². The third-order valence-electron chi connectivity index (χ3n) is 5.11. The van der Waals surface area contributed by atoms with E-state index < -0.39 is 0 Å². The van der Waals surface area contributed by atoms with E-state index in [1.54, 1.807) is 0 Å². The third-order valence-corrected chi connectivity index (χ3v) is 5.11. The van der Waals surface area contributed by atoms with E-state index in [1.807, 2.05) is 12.1 Å². The molecular formula is C19H25N3O2. The summed E-state index contributed by atoms with van der Waals surface area (Å²) in [5.41, 5.74) is 2.76. The molecule has 0 saturated carbocycles. The van der Waals surface area contributed by atoms with Gasteiger partial charge in [-0.1, -0.05) is 6.42 Å². The molecule has 0 atom stereocenters. The van der Waals surface area contributed by atoms with Gasteiger partial charge < -0.3 is 15.0 Å². The summed E-state index contributed by atoms with van der Waals surface area (Å²) < 4.78 is 5.98. The quantitative estimate of drug-likeness (QED) is 0.906. The number of fused-ring (bicyclic) bond motifs is 3. The Morgan fingerprint density at radius 1 is 1.12 bits per heavy atom. The van der Waals surface area contributed by atoms with Crippen molar-refractivity contribution in [3.05, 3.63) is 34.1 Å². The van der Waals surface area contributed by atoms with Gasteiger partial charge in [0.2, 0.25) is 0 Å². The van der Waals surface area contributed by atoms with Crippen LogP contribution in [0.3, 0.4) is 0 Å². The summed E-state index contributed by atoms with van der Waals surface area (Å²) >= 11 is 0. The fraction of sp³-hybridized carbons (Fsp3) is 0.526. The van der Waals surface area contributed by atoms with Crippen LogP contribution in [0.1, 0.15) is 31.2 Å². The zero-order chi connectivity index (χ0) is 16.4. The number of benzene rings is 1. The molecular weight excluding hydrogens is 302 g/mol. The van der Waals surface area contributed by atoms with Gasteiger partial charge in [-0.05, 0) is 57.0 Å². The summed E-state index contributed by atoms with van der Waals surface area (Å²) in [5, 5.41) is 4.45. The highest BCUT2D eigenvalue weighted by Gasteiger charge is 2.16. The molecule has 1 aromatic carbocycles. The lowest BCUT2D eigenvalue weighted by atomic mass is 10.0. The van der Waals surface area contributed by atoms with Gasteiger partial charge in [-0.15, -0.1) is 0 Å². The van der Waals surface area contributed by atoms with Crippen LogP contribution in [-0.2, 0) is 6.42 Å². The summed E-state index contributed by atoms with van der Waals surface area (Å²) in [6, 6.07) is 5.95. The van der Waals surface area contributed by atoms with E-state index in [0.29, 0.717) is 6.61 Å². The number of nitrogens with one attached hydrogen (secondary N) is 2. The van der Waals surface area contributed by atoms with Gasteiger partial charge in [-0.25, -0.2) is 0 Å². The lowest BCUT2D eigenvalue weighted by Gasteiger charge is -2.26. The molecule has 1 aromatic heterocycles. The Kier molecular flexibility index (Phi) is 4.43. The minimum Gasteiger partial charge on any atom is -0.492 e. The summed E-state index contributed by atoms with van der Waals surface area (Å²) in [7, 11) is 0. The number of hydrogen-bond donors (Lipinski definition) is 2. The Morgan fingerprint density at radius 2 is 2.00 bits per heavy atom. The minimum absolute atomic E-state index is 0.0310. The van der Waals surface area contributed by atoms with Crippen molar-refractivity contribution < 1.29 is 4.74 Å². The molecule has 0 unspecified atom stereocenters. The summed E-state index contributed by atoms with van der Waals surface area (Å²) in [6.45, 7) is 5.01. The summed E-state index contributed by atoms with van der Waals surface area (Å²) in [5.74, 6) is 0.876. The summed E-state index contributed by atoms with van der Waals surface area (Å²) in [6.07, 6.45) is 5.82. The van der Waals surface area contributed by atoms with E-state index >= 15 is 0 Å². The first-order valence-corrected chi connectivity index (χ1v) is 9.09. The minimum atomic E-state index is 0.0310. The number of anilines is 1. The Balaban J connectivity index is 1.52. The molecule has 0 spiro atoms. The summed E-state index contributed by atoms with van der Waals surface area (Å²) in [4.78, 5) is 17.6. The Labute approximate surface area is 142 Å². The van der Waals surface area contributed by atoms with Gasteiger partial charge in [0.05, 0.1) is 11.2 Å². The molecule has 0 aliphatic carbocycles. The number of rotatable bonds is 4. The number of likely N-dealkylation sites (tertiary alicyclic amines) is 1. The standard InChI is InChI=1S/C19H25N3O2/c23-19-15-5-4-8-20-18(15)16-13-14(6-7-17(16)21-19)24-12-11-22-9-2-1-3-10-22/h6-7,13,20H,1-5,8-12H2,(H,21,23). The number of aromatic nitrogens is 1. The Morgan fingerprint density at radius 3 is 2.88 bits per heavy atom. The third kappa shape index (κ3) is 3.13. The highest BCUT2D eigenvalue weighted by atomic mass is 16.5. The van der Waals surface area contributed by atoms with E-state index in [0.717, 1.165) is 53.8 Å². The fourth-order valence-corrected chi connectivity index (χ4v) is 3.80. The number of piperidine rings is 1. The number of aromatic amines is 1. The second-order valence-corrected chi connectivity index (χ2v) is 6.80. The SMILES string of the molecule is O=c1[nH]c2ccc(OCCN3CCCCC3)cc2c2c1CCCN2. The maximum absolute atomic E-state index is 12.2. The van der Waals surface area contributed by atoms with Crippen molar-refractivity contribution in [2.45, 2.75) is 32.1 Å². The average molecular weight is 327 g/mol. The number of hydrogen-bond acceptors (Lipinski definition) is 4. The molecule has 4 rings (SSSR count). The van der Waals surface area contributed by atoms with Crippen LogP contribution in [0, 0.1) is 0 Å². The molecule has 24 heavy (non-hydrogen) atoms. The van der Waals surface area contributed by atoms with Gasteiger partial charge in [-0.3, -0.25) is 9.69 Å². The van der Waals surface area contributed by atoms with Crippen molar-refractivity contribution >= 4 is 16.6 Å². The Bertz CT molecular complexity index is 778. The molecule has 2 aliphatic rings. The van der Waals surface area contributed by atoms with Gasteiger partial charge in [0.25, 0.3) is 5.56 Å². The van der Waals surface area contributed by atoms with Crippen molar-refractivity contribution in [1.29, 1.82) is 0 Å². The van der Waals surface area contributed by atoms with Crippen molar-refractivity contribution in [2.75, 3.05) is 38.1 Å². The first-order valence-electron chi connectivity index (χ1n) is 9.09. The number of pyridine rings is 1. The van der Waals surface area contributed by atoms with Crippen LogP contribution < -0.4 is 15.6 Å². The lowest BCUT2D eigenvalue weighted by Crippen LogP contribution is -2.33.